The number of nitrogens with zero attached hydrogens (tertiary/aromatic N) is 1. The molecule has 0 fully saturated rings. The van der Waals surface area contributed by atoms with Crippen LogP contribution in [0.4, 0.5) is 5.69 Å². The second-order valence-electron chi connectivity index (χ2n) is 5.76. The molecule has 22 heavy (non-hydrogen) atoms. The molecule has 0 aliphatic carbocycles. The highest BCUT2D eigenvalue weighted by Crippen LogP contribution is 2.13. The number of rotatable bonds is 8. The van der Waals surface area contributed by atoms with Crippen molar-refractivity contribution in [1.82, 2.24) is 4.90 Å². The van der Waals surface area contributed by atoms with Gasteiger partial charge in [0.05, 0.1) is 11.7 Å². The van der Waals surface area contributed by atoms with Crippen molar-refractivity contribution in [3.05, 3.63) is 29.8 Å². The van der Waals surface area contributed by atoms with E-state index in [0.717, 1.165) is 18.4 Å². The van der Waals surface area contributed by atoms with Crippen LogP contribution in [0.15, 0.2) is 24.3 Å². The zero-order chi connectivity index (χ0) is 16.8. The number of hydrogen-bond acceptors (Lipinski definition) is 3. The number of unbranched alkanes of at least 4 members (excludes halogenated alkanes) is 1. The zero-order valence-corrected chi connectivity index (χ0v) is 14.6. The van der Waals surface area contributed by atoms with E-state index in [0.29, 0.717) is 12.2 Å². The molecule has 124 valence electrons. The Morgan fingerprint density at radius 2 is 1.86 bits per heavy atom. The minimum Gasteiger partial charge on any atom is -0.346 e. The first-order valence-electron chi connectivity index (χ1n) is 7.57. The molecule has 1 aromatic carbocycles. The maximum atomic E-state index is 12.2. The van der Waals surface area contributed by atoms with Crippen LogP contribution in [-0.4, -0.2) is 38.6 Å². The van der Waals surface area contributed by atoms with Gasteiger partial charge in [0, 0.05) is 19.3 Å². The van der Waals surface area contributed by atoms with Crippen LogP contribution in [0.3, 0.4) is 0 Å². The molecular formula is C16H26N2O3S. The predicted octanol–water partition coefficient (Wildman–Crippen LogP) is 2.63. The molecule has 0 aliphatic rings. The van der Waals surface area contributed by atoms with E-state index in [4.69, 9.17) is 0 Å². The smallest absolute Gasteiger partial charge is 0.233 e. The Bertz CT molecular complexity index is 582. The van der Waals surface area contributed by atoms with Crippen molar-refractivity contribution < 1.29 is 13.2 Å². The van der Waals surface area contributed by atoms with Gasteiger partial charge in [0.1, 0.15) is 0 Å². The van der Waals surface area contributed by atoms with Crippen LogP contribution in [0.25, 0.3) is 0 Å². The lowest BCUT2D eigenvalue weighted by Crippen LogP contribution is -2.36. The maximum Gasteiger partial charge on any atom is 0.233 e. The van der Waals surface area contributed by atoms with Gasteiger partial charge < -0.3 is 4.90 Å². The van der Waals surface area contributed by atoms with Gasteiger partial charge in [-0.15, -0.1) is 0 Å². The monoisotopic (exact) mass is 326 g/mol. The Hall–Kier alpha value is -1.56. The van der Waals surface area contributed by atoms with Crippen LogP contribution in [-0.2, 0) is 14.8 Å². The Balaban J connectivity index is 2.63. The molecule has 6 heteroatoms. The summed E-state index contributed by atoms with van der Waals surface area (Å²) in [5.74, 6) is -0.913. The standard InChI is InChI=1S/C16H26N2O3S/c1-5-6-11-18(4)16(19)14(3)12-22(20,21)17-15-9-7-13(2)8-10-15/h7-10,14,17H,5-6,11-12H2,1-4H3. The van der Waals surface area contributed by atoms with E-state index >= 15 is 0 Å². The van der Waals surface area contributed by atoms with E-state index < -0.39 is 15.9 Å². The normalized spacial score (nSPS) is 12.7. The van der Waals surface area contributed by atoms with Crippen molar-refractivity contribution in [2.24, 2.45) is 5.92 Å². The molecule has 0 saturated carbocycles. The van der Waals surface area contributed by atoms with Gasteiger partial charge in [0.15, 0.2) is 0 Å². The van der Waals surface area contributed by atoms with Crippen molar-refractivity contribution in [2.45, 2.75) is 33.6 Å². The van der Waals surface area contributed by atoms with Crippen LogP contribution < -0.4 is 4.72 Å². The maximum absolute atomic E-state index is 12.2. The van der Waals surface area contributed by atoms with Crippen LogP contribution in [0.5, 0.6) is 0 Å². The van der Waals surface area contributed by atoms with E-state index in [2.05, 4.69) is 11.6 Å². The molecule has 1 rings (SSSR count). The number of aryl methyl sites for hydroxylation is 1. The van der Waals surface area contributed by atoms with Crippen molar-refractivity contribution in [1.29, 1.82) is 0 Å². The van der Waals surface area contributed by atoms with Crippen LogP contribution in [0.2, 0.25) is 0 Å². The number of carbonyl (C=O) groups excluding carboxylic acids is 1. The molecule has 0 saturated heterocycles. The van der Waals surface area contributed by atoms with Gasteiger partial charge in [-0.05, 0) is 25.5 Å². The topological polar surface area (TPSA) is 66.5 Å². The highest BCUT2D eigenvalue weighted by molar-refractivity contribution is 7.92. The van der Waals surface area contributed by atoms with Crippen LogP contribution >= 0.6 is 0 Å². The first kappa shape index (κ1) is 18.5. The minimum absolute atomic E-state index is 0.136. The van der Waals surface area contributed by atoms with Gasteiger partial charge in [-0.1, -0.05) is 38.0 Å². The number of sulfonamides is 1. The molecular weight excluding hydrogens is 300 g/mol. The van der Waals surface area contributed by atoms with Crippen molar-refractivity contribution in [3.63, 3.8) is 0 Å². The van der Waals surface area contributed by atoms with Crippen molar-refractivity contribution >= 4 is 21.6 Å². The quantitative estimate of drug-likeness (QED) is 0.798. The molecule has 0 aromatic heterocycles. The Morgan fingerprint density at radius 3 is 2.41 bits per heavy atom. The second-order valence-corrected chi connectivity index (χ2v) is 7.53. The molecule has 0 spiro atoms. The fourth-order valence-electron chi connectivity index (χ4n) is 2.12. The molecule has 5 nitrogen and oxygen atoms in total. The summed E-state index contributed by atoms with van der Waals surface area (Å²) in [6.45, 7) is 6.30. The number of anilines is 1. The fraction of sp³-hybridized carbons (Fsp3) is 0.562. The Kier molecular flexibility index (Phi) is 6.87. The van der Waals surface area contributed by atoms with E-state index in [1.807, 2.05) is 19.1 Å². The lowest BCUT2D eigenvalue weighted by molar-refractivity contribution is -0.133. The summed E-state index contributed by atoms with van der Waals surface area (Å²) < 4.78 is 26.8. The summed E-state index contributed by atoms with van der Waals surface area (Å²) in [6.07, 6.45) is 1.92. The molecule has 0 bridgehead atoms. The summed E-state index contributed by atoms with van der Waals surface area (Å²) in [7, 11) is -1.83. The van der Waals surface area contributed by atoms with E-state index in [-0.39, 0.29) is 11.7 Å². The third-order valence-corrected chi connectivity index (χ3v) is 4.92. The van der Waals surface area contributed by atoms with Crippen LogP contribution in [0.1, 0.15) is 32.3 Å². The van der Waals surface area contributed by atoms with Gasteiger partial charge in [0.25, 0.3) is 0 Å². The summed E-state index contributed by atoms with van der Waals surface area (Å²) in [5, 5.41) is 0. The average Bonchev–Trinajstić information content (AvgIpc) is 2.45. The lowest BCUT2D eigenvalue weighted by Gasteiger charge is -2.21. The molecule has 1 aromatic rings. The van der Waals surface area contributed by atoms with Crippen molar-refractivity contribution in [3.8, 4) is 0 Å². The number of nitrogens with one attached hydrogen (secondary N) is 1. The molecule has 0 heterocycles. The number of amides is 1. The second kappa shape index (κ2) is 8.17. The van der Waals surface area contributed by atoms with Gasteiger partial charge >= 0.3 is 0 Å². The molecule has 1 atom stereocenters. The molecule has 1 unspecified atom stereocenters. The third kappa shape index (κ3) is 6.05. The summed E-state index contributed by atoms with van der Waals surface area (Å²) in [6, 6.07) is 7.11. The minimum atomic E-state index is -3.54. The van der Waals surface area contributed by atoms with Crippen molar-refractivity contribution in [2.75, 3.05) is 24.1 Å². The molecule has 0 aliphatic heterocycles. The fourth-order valence-corrected chi connectivity index (χ4v) is 3.50. The van der Waals surface area contributed by atoms with E-state index in [1.165, 1.54) is 0 Å². The summed E-state index contributed by atoms with van der Waals surface area (Å²) in [5.41, 5.74) is 1.58. The molecule has 0 radical (unpaired) electrons. The van der Waals surface area contributed by atoms with Crippen LogP contribution in [0, 0.1) is 12.8 Å². The number of benzene rings is 1. The largest absolute Gasteiger partial charge is 0.346 e. The third-order valence-electron chi connectivity index (χ3n) is 3.44. The first-order chi connectivity index (χ1) is 10.2. The van der Waals surface area contributed by atoms with Gasteiger partial charge in [-0.25, -0.2) is 8.42 Å². The van der Waals surface area contributed by atoms with Gasteiger partial charge in [-0.2, -0.15) is 0 Å². The molecule has 1 amide bonds. The lowest BCUT2D eigenvalue weighted by atomic mass is 10.2. The summed E-state index contributed by atoms with van der Waals surface area (Å²) in [4.78, 5) is 13.8. The highest BCUT2D eigenvalue weighted by Gasteiger charge is 2.23. The van der Waals surface area contributed by atoms with E-state index in [1.54, 1.807) is 31.0 Å². The first-order valence-corrected chi connectivity index (χ1v) is 9.22. The number of carbonyl (C=O) groups is 1. The Morgan fingerprint density at radius 1 is 1.27 bits per heavy atom. The zero-order valence-electron chi connectivity index (χ0n) is 13.8. The molecule has 1 N–H and O–H groups in total. The average molecular weight is 326 g/mol. The SMILES string of the molecule is CCCCN(C)C(=O)C(C)CS(=O)(=O)Nc1ccc(C)cc1. The number of hydrogen-bond donors (Lipinski definition) is 1. The summed E-state index contributed by atoms with van der Waals surface area (Å²) >= 11 is 0. The Labute approximate surface area is 133 Å². The van der Waals surface area contributed by atoms with Gasteiger partial charge in [0.2, 0.25) is 15.9 Å². The van der Waals surface area contributed by atoms with E-state index in [9.17, 15) is 13.2 Å². The van der Waals surface area contributed by atoms with Gasteiger partial charge in [-0.3, -0.25) is 9.52 Å². The highest BCUT2D eigenvalue weighted by atomic mass is 32.2. The predicted molar refractivity (Wildman–Crippen MR) is 90.3 cm³/mol.